The van der Waals surface area contributed by atoms with Crippen molar-refractivity contribution < 1.29 is 10.2 Å². The molecule has 0 aromatic heterocycles. The second-order valence-electron chi connectivity index (χ2n) is 8.42. The molecule has 0 saturated heterocycles. The predicted molar refractivity (Wildman–Crippen MR) is 99.6 cm³/mol. The molecule has 3 rings (SSSR count). The Balaban J connectivity index is 1.83. The highest BCUT2D eigenvalue weighted by molar-refractivity contribution is 5.35. The molecule has 3 aliphatic carbocycles. The van der Waals surface area contributed by atoms with Crippen molar-refractivity contribution in [3.63, 3.8) is 0 Å². The Labute approximate surface area is 146 Å². The first kappa shape index (κ1) is 17.7. The first-order chi connectivity index (χ1) is 11.3. The quantitative estimate of drug-likeness (QED) is 0.676. The highest BCUT2D eigenvalue weighted by atomic mass is 16.3. The Hall–Kier alpha value is -1.12. The molecule has 0 aromatic rings. The summed E-state index contributed by atoms with van der Waals surface area (Å²) in [7, 11) is 0. The van der Waals surface area contributed by atoms with Crippen LogP contribution in [0.5, 0.6) is 0 Å². The molecular weight excluding hydrogens is 296 g/mol. The lowest BCUT2D eigenvalue weighted by atomic mass is 9.65. The smallest absolute Gasteiger partial charge is 0.0809 e. The number of aliphatic hydroxyl groups is 2. The first-order valence-corrected chi connectivity index (χ1v) is 9.43. The Morgan fingerprint density at radius 1 is 1.12 bits per heavy atom. The Morgan fingerprint density at radius 2 is 1.79 bits per heavy atom. The molecule has 0 amide bonds. The zero-order valence-corrected chi connectivity index (χ0v) is 15.4. The lowest BCUT2D eigenvalue weighted by Gasteiger charge is -2.40. The second-order valence-corrected chi connectivity index (χ2v) is 8.42. The van der Waals surface area contributed by atoms with E-state index >= 15 is 0 Å². The number of allylic oxidation sites excluding steroid dienone is 5. The summed E-state index contributed by atoms with van der Waals surface area (Å²) in [4.78, 5) is 0. The van der Waals surface area contributed by atoms with Gasteiger partial charge in [-0.3, -0.25) is 0 Å². The molecular formula is C22H32O2. The van der Waals surface area contributed by atoms with Crippen LogP contribution in [0.4, 0.5) is 0 Å². The van der Waals surface area contributed by atoms with Crippen molar-refractivity contribution in [2.75, 3.05) is 0 Å². The minimum absolute atomic E-state index is 0.349. The maximum absolute atomic E-state index is 10.0. The Morgan fingerprint density at radius 3 is 2.42 bits per heavy atom. The molecule has 2 nitrogen and oxygen atoms in total. The van der Waals surface area contributed by atoms with Crippen molar-refractivity contribution in [2.45, 2.75) is 77.9 Å². The van der Waals surface area contributed by atoms with Crippen LogP contribution in [-0.4, -0.2) is 22.4 Å². The van der Waals surface area contributed by atoms with Gasteiger partial charge < -0.3 is 10.2 Å². The average Bonchev–Trinajstić information content (AvgIpc) is 2.88. The van der Waals surface area contributed by atoms with Crippen molar-refractivity contribution in [1.82, 2.24) is 0 Å². The zero-order chi connectivity index (χ0) is 17.5. The molecule has 2 N–H and O–H groups in total. The Kier molecular flexibility index (Phi) is 4.90. The van der Waals surface area contributed by atoms with E-state index in [1.54, 1.807) is 11.1 Å². The third kappa shape index (κ3) is 3.07. The number of aliphatic hydroxyl groups excluding tert-OH is 2. The van der Waals surface area contributed by atoms with Gasteiger partial charge in [0.05, 0.1) is 12.2 Å². The van der Waals surface area contributed by atoms with Crippen molar-refractivity contribution in [3.8, 4) is 0 Å². The fourth-order valence-electron chi connectivity index (χ4n) is 5.30. The lowest BCUT2D eigenvalue weighted by Crippen LogP contribution is -2.29. The molecule has 0 radical (unpaired) electrons. The van der Waals surface area contributed by atoms with Gasteiger partial charge in [-0.25, -0.2) is 0 Å². The van der Waals surface area contributed by atoms with Gasteiger partial charge in [-0.1, -0.05) is 47.9 Å². The summed E-state index contributed by atoms with van der Waals surface area (Å²) < 4.78 is 0. The van der Waals surface area contributed by atoms with Gasteiger partial charge in [-0.05, 0) is 75.7 Å². The maximum atomic E-state index is 10.0. The molecule has 0 spiro atoms. The van der Waals surface area contributed by atoms with Crippen molar-refractivity contribution in [1.29, 1.82) is 0 Å². The van der Waals surface area contributed by atoms with E-state index in [1.165, 1.54) is 37.7 Å². The van der Waals surface area contributed by atoms with Crippen LogP contribution >= 0.6 is 0 Å². The molecule has 0 heterocycles. The minimum atomic E-state index is -0.598. The SMILES string of the molecule is C=C1C(O)CC(=C/C=C2\CCCC3(C)C(=C(C)C)CC[C@@H]23)C[C@H]1O. The third-order valence-electron chi connectivity index (χ3n) is 6.65. The van der Waals surface area contributed by atoms with E-state index in [0.29, 0.717) is 29.7 Å². The van der Waals surface area contributed by atoms with Crippen molar-refractivity contribution in [2.24, 2.45) is 11.3 Å². The summed E-state index contributed by atoms with van der Waals surface area (Å²) in [5, 5.41) is 20.0. The van der Waals surface area contributed by atoms with Crippen LogP contribution in [0.3, 0.4) is 0 Å². The molecule has 0 bridgehead atoms. The van der Waals surface area contributed by atoms with Gasteiger partial charge in [-0.15, -0.1) is 0 Å². The normalized spacial score (nSPS) is 40.3. The summed E-state index contributed by atoms with van der Waals surface area (Å²) in [5.41, 5.74) is 6.82. The van der Waals surface area contributed by atoms with Gasteiger partial charge in [0.25, 0.3) is 0 Å². The molecule has 0 aliphatic heterocycles. The number of fused-ring (bicyclic) bond motifs is 1. The van der Waals surface area contributed by atoms with Crippen LogP contribution in [0.2, 0.25) is 0 Å². The van der Waals surface area contributed by atoms with Crippen molar-refractivity contribution >= 4 is 0 Å². The minimum Gasteiger partial charge on any atom is -0.388 e. The number of hydrogen-bond donors (Lipinski definition) is 2. The monoisotopic (exact) mass is 328 g/mol. The van der Waals surface area contributed by atoms with Gasteiger partial charge in [0.2, 0.25) is 0 Å². The highest BCUT2D eigenvalue weighted by Crippen LogP contribution is 2.57. The Bertz CT molecular complexity index is 602. The van der Waals surface area contributed by atoms with Crippen molar-refractivity contribution in [3.05, 3.63) is 46.6 Å². The van der Waals surface area contributed by atoms with E-state index in [1.807, 2.05) is 0 Å². The van der Waals surface area contributed by atoms with Gasteiger partial charge in [0.15, 0.2) is 0 Å². The summed E-state index contributed by atoms with van der Waals surface area (Å²) in [5.74, 6) is 0.668. The van der Waals surface area contributed by atoms with Crippen LogP contribution in [0.25, 0.3) is 0 Å². The van der Waals surface area contributed by atoms with Gasteiger partial charge >= 0.3 is 0 Å². The van der Waals surface area contributed by atoms with E-state index in [4.69, 9.17) is 0 Å². The van der Waals surface area contributed by atoms with E-state index in [2.05, 4.69) is 39.5 Å². The topological polar surface area (TPSA) is 40.5 Å². The standard InChI is InChI=1S/C22H32O2/c1-14(2)18-9-10-19-17(6-5-11-22(18,19)4)8-7-16-12-20(23)15(3)21(24)13-16/h7-8,19-21,23-24H,3,5-6,9-13H2,1-2,4H3/b16-7?,17-8+/t19-,20+,21?,22?/m0/s1. The molecule has 132 valence electrons. The predicted octanol–water partition coefficient (Wildman–Crippen LogP) is 4.85. The molecule has 0 aromatic carbocycles. The fourth-order valence-corrected chi connectivity index (χ4v) is 5.30. The largest absolute Gasteiger partial charge is 0.388 e. The van der Waals surface area contributed by atoms with E-state index in [9.17, 15) is 10.2 Å². The number of rotatable bonds is 1. The van der Waals surface area contributed by atoms with E-state index in [-0.39, 0.29) is 0 Å². The van der Waals surface area contributed by atoms with Crippen LogP contribution in [0.1, 0.15) is 65.7 Å². The van der Waals surface area contributed by atoms with E-state index in [0.717, 1.165) is 5.57 Å². The molecule has 4 atom stereocenters. The van der Waals surface area contributed by atoms with Gasteiger partial charge in [0, 0.05) is 0 Å². The van der Waals surface area contributed by atoms with Crippen LogP contribution in [-0.2, 0) is 0 Å². The number of hydrogen-bond acceptors (Lipinski definition) is 2. The maximum Gasteiger partial charge on any atom is 0.0809 e. The van der Waals surface area contributed by atoms with Gasteiger partial charge in [-0.2, -0.15) is 0 Å². The fraction of sp³-hybridized carbons (Fsp3) is 0.636. The molecule has 24 heavy (non-hydrogen) atoms. The molecule has 2 unspecified atom stereocenters. The highest BCUT2D eigenvalue weighted by Gasteiger charge is 2.46. The average molecular weight is 328 g/mol. The van der Waals surface area contributed by atoms with E-state index < -0.39 is 12.2 Å². The van der Waals surface area contributed by atoms with Crippen LogP contribution in [0, 0.1) is 11.3 Å². The van der Waals surface area contributed by atoms with Crippen LogP contribution in [0.15, 0.2) is 46.6 Å². The first-order valence-electron chi connectivity index (χ1n) is 9.43. The second kappa shape index (κ2) is 6.65. The molecule has 3 saturated carbocycles. The zero-order valence-electron chi connectivity index (χ0n) is 15.4. The summed E-state index contributed by atoms with van der Waals surface area (Å²) in [6, 6.07) is 0. The summed E-state index contributed by atoms with van der Waals surface area (Å²) in [6.45, 7) is 10.8. The summed E-state index contributed by atoms with van der Waals surface area (Å²) in [6.07, 6.45) is 10.8. The molecule has 3 fully saturated rings. The third-order valence-corrected chi connectivity index (χ3v) is 6.65. The summed E-state index contributed by atoms with van der Waals surface area (Å²) >= 11 is 0. The van der Waals surface area contributed by atoms with Gasteiger partial charge in [0.1, 0.15) is 0 Å². The molecule has 2 heteroatoms. The molecule has 3 aliphatic rings. The van der Waals surface area contributed by atoms with Crippen LogP contribution < -0.4 is 0 Å². The lowest BCUT2D eigenvalue weighted by molar-refractivity contribution is 0.123.